The van der Waals surface area contributed by atoms with Crippen molar-refractivity contribution in [1.82, 2.24) is 15.3 Å². The minimum Gasteiger partial charge on any atom is -0.444 e. The number of ether oxygens (including phenoxy) is 1. The van der Waals surface area contributed by atoms with Gasteiger partial charge >= 0.3 is 6.09 Å². The Morgan fingerprint density at radius 1 is 1.43 bits per heavy atom. The number of fused-ring (bicyclic) bond motifs is 1. The van der Waals surface area contributed by atoms with Crippen LogP contribution < -0.4 is 10.2 Å². The summed E-state index contributed by atoms with van der Waals surface area (Å²) < 4.78 is 5.27. The molecule has 2 N–H and O–H groups in total. The van der Waals surface area contributed by atoms with Crippen LogP contribution in [0.25, 0.3) is 11.0 Å². The molecule has 23 heavy (non-hydrogen) atoms. The van der Waals surface area contributed by atoms with E-state index in [1.807, 2.05) is 45.0 Å². The summed E-state index contributed by atoms with van der Waals surface area (Å²) in [6.45, 7) is 8.06. The number of hydrogen-bond donors (Lipinski definition) is 2. The Morgan fingerprint density at radius 2 is 2.22 bits per heavy atom. The van der Waals surface area contributed by atoms with Gasteiger partial charge in [-0.2, -0.15) is 0 Å². The van der Waals surface area contributed by atoms with Gasteiger partial charge in [0.2, 0.25) is 5.95 Å². The number of anilines is 1. The van der Waals surface area contributed by atoms with Gasteiger partial charge in [-0.25, -0.2) is 9.78 Å². The van der Waals surface area contributed by atoms with Crippen LogP contribution in [0.4, 0.5) is 10.7 Å². The van der Waals surface area contributed by atoms with Crippen LogP contribution in [0.15, 0.2) is 24.3 Å². The van der Waals surface area contributed by atoms with Crippen molar-refractivity contribution in [3.05, 3.63) is 24.3 Å². The predicted molar refractivity (Wildman–Crippen MR) is 90.7 cm³/mol. The minimum absolute atomic E-state index is 0.348. The summed E-state index contributed by atoms with van der Waals surface area (Å²) >= 11 is 0. The van der Waals surface area contributed by atoms with Gasteiger partial charge in [-0.1, -0.05) is 12.1 Å². The van der Waals surface area contributed by atoms with E-state index in [1.54, 1.807) is 0 Å². The molecule has 1 aromatic carbocycles. The fourth-order valence-corrected chi connectivity index (χ4v) is 2.82. The molecule has 2 aromatic rings. The highest BCUT2D eigenvalue weighted by Crippen LogP contribution is 2.23. The van der Waals surface area contributed by atoms with Crippen LogP contribution in [-0.2, 0) is 4.74 Å². The van der Waals surface area contributed by atoms with E-state index in [1.165, 1.54) is 0 Å². The number of H-pyrrole nitrogens is 1. The second kappa shape index (κ2) is 6.10. The first-order chi connectivity index (χ1) is 10.9. The fraction of sp³-hybridized carbons (Fsp3) is 0.529. The monoisotopic (exact) mass is 316 g/mol. The highest BCUT2D eigenvalue weighted by molar-refractivity contribution is 5.77. The Balaban J connectivity index is 1.53. The summed E-state index contributed by atoms with van der Waals surface area (Å²) in [5.74, 6) is 1.32. The van der Waals surface area contributed by atoms with E-state index >= 15 is 0 Å². The maximum absolute atomic E-state index is 11.7. The van der Waals surface area contributed by atoms with E-state index in [9.17, 15) is 4.79 Å². The first-order valence-electron chi connectivity index (χ1n) is 8.07. The molecule has 0 radical (unpaired) electrons. The van der Waals surface area contributed by atoms with Crippen LogP contribution >= 0.6 is 0 Å². The smallest absolute Gasteiger partial charge is 0.407 e. The normalized spacial score (nSPS) is 18.4. The lowest BCUT2D eigenvalue weighted by Crippen LogP contribution is -2.36. The van der Waals surface area contributed by atoms with Gasteiger partial charge in [0.25, 0.3) is 0 Å². The predicted octanol–water partition coefficient (Wildman–Crippen LogP) is 2.91. The maximum atomic E-state index is 11.7. The number of rotatable bonds is 3. The Hall–Kier alpha value is -2.24. The third kappa shape index (κ3) is 3.94. The molecule has 3 rings (SSSR count). The number of imidazole rings is 1. The van der Waals surface area contributed by atoms with Gasteiger partial charge in [-0.3, -0.25) is 0 Å². The average molecular weight is 316 g/mol. The molecule has 6 heteroatoms. The van der Waals surface area contributed by atoms with Gasteiger partial charge < -0.3 is 19.9 Å². The van der Waals surface area contributed by atoms with Crippen molar-refractivity contribution in [2.24, 2.45) is 5.92 Å². The molecule has 1 amide bonds. The van der Waals surface area contributed by atoms with Crippen LogP contribution in [0.5, 0.6) is 0 Å². The summed E-state index contributed by atoms with van der Waals surface area (Å²) in [5.41, 5.74) is 1.58. The number of carbonyl (C=O) groups excluding carboxylic acids is 1. The number of carbonyl (C=O) groups is 1. The van der Waals surface area contributed by atoms with E-state index < -0.39 is 5.60 Å². The lowest BCUT2D eigenvalue weighted by molar-refractivity contribution is 0.0520. The zero-order chi connectivity index (χ0) is 16.4. The second-order valence-electron chi connectivity index (χ2n) is 7.06. The zero-order valence-corrected chi connectivity index (χ0v) is 13.9. The Labute approximate surface area is 136 Å². The third-order valence-corrected chi connectivity index (χ3v) is 3.90. The summed E-state index contributed by atoms with van der Waals surface area (Å²) in [6.07, 6.45) is 0.687. The van der Waals surface area contributed by atoms with Crippen molar-refractivity contribution in [1.29, 1.82) is 0 Å². The van der Waals surface area contributed by atoms with Crippen LogP contribution in [0.3, 0.4) is 0 Å². The quantitative estimate of drug-likeness (QED) is 0.913. The van der Waals surface area contributed by atoms with E-state index in [0.717, 1.165) is 36.5 Å². The van der Waals surface area contributed by atoms with Gasteiger partial charge in [-0.15, -0.1) is 0 Å². The number of benzene rings is 1. The molecule has 1 fully saturated rings. The summed E-state index contributed by atoms with van der Waals surface area (Å²) in [6, 6.07) is 8.03. The largest absolute Gasteiger partial charge is 0.444 e. The Kier molecular flexibility index (Phi) is 4.15. The van der Waals surface area contributed by atoms with Crippen molar-refractivity contribution >= 4 is 23.1 Å². The third-order valence-electron chi connectivity index (χ3n) is 3.90. The summed E-state index contributed by atoms with van der Waals surface area (Å²) in [4.78, 5) is 21.9. The number of alkyl carbamates (subject to hydrolysis) is 1. The van der Waals surface area contributed by atoms with Crippen molar-refractivity contribution in [3.63, 3.8) is 0 Å². The fourth-order valence-electron chi connectivity index (χ4n) is 2.82. The number of hydrogen-bond acceptors (Lipinski definition) is 4. The van der Waals surface area contributed by atoms with Gasteiger partial charge in [0, 0.05) is 19.6 Å². The molecule has 1 saturated heterocycles. The second-order valence-corrected chi connectivity index (χ2v) is 7.06. The number of para-hydroxylation sites is 2. The Morgan fingerprint density at radius 3 is 2.96 bits per heavy atom. The van der Waals surface area contributed by atoms with Crippen LogP contribution in [0, 0.1) is 5.92 Å². The molecule has 0 unspecified atom stereocenters. The standard InChI is InChI=1S/C17H24N4O2/c1-17(2,3)23-16(22)18-10-12-8-9-21(11-12)15-19-13-6-4-5-7-14(13)20-15/h4-7,12H,8-11H2,1-3H3,(H,18,22)(H,19,20)/t12-/m1/s1. The van der Waals surface area contributed by atoms with Crippen molar-refractivity contribution in [3.8, 4) is 0 Å². The molecule has 1 aliphatic heterocycles. The molecular formula is C17H24N4O2. The van der Waals surface area contributed by atoms with E-state index in [0.29, 0.717) is 12.5 Å². The molecular weight excluding hydrogens is 292 g/mol. The molecule has 0 saturated carbocycles. The van der Waals surface area contributed by atoms with Gasteiger partial charge in [0.15, 0.2) is 0 Å². The lowest BCUT2D eigenvalue weighted by Gasteiger charge is -2.20. The van der Waals surface area contributed by atoms with E-state index in [-0.39, 0.29) is 6.09 Å². The topological polar surface area (TPSA) is 70.2 Å². The van der Waals surface area contributed by atoms with Gasteiger partial charge in [-0.05, 0) is 45.2 Å². The highest BCUT2D eigenvalue weighted by Gasteiger charge is 2.25. The molecule has 124 valence electrons. The molecule has 0 aliphatic carbocycles. The van der Waals surface area contributed by atoms with Crippen molar-refractivity contribution in [2.45, 2.75) is 32.8 Å². The van der Waals surface area contributed by atoms with Gasteiger partial charge in [0.05, 0.1) is 11.0 Å². The van der Waals surface area contributed by atoms with E-state index in [2.05, 4.69) is 20.2 Å². The van der Waals surface area contributed by atoms with Gasteiger partial charge in [0.1, 0.15) is 5.60 Å². The first-order valence-corrected chi connectivity index (χ1v) is 8.07. The molecule has 0 bridgehead atoms. The van der Waals surface area contributed by atoms with Crippen LogP contribution in [0.2, 0.25) is 0 Å². The maximum Gasteiger partial charge on any atom is 0.407 e. The molecule has 6 nitrogen and oxygen atoms in total. The SMILES string of the molecule is CC(C)(C)OC(=O)NC[C@H]1CCN(c2nc3ccccc3[nH]2)C1. The van der Waals surface area contributed by atoms with Crippen LogP contribution in [0.1, 0.15) is 27.2 Å². The summed E-state index contributed by atoms with van der Waals surface area (Å²) in [7, 11) is 0. The number of nitrogens with one attached hydrogen (secondary N) is 2. The number of aromatic nitrogens is 2. The minimum atomic E-state index is -0.458. The average Bonchev–Trinajstić information content (AvgIpc) is 3.09. The van der Waals surface area contributed by atoms with Crippen molar-refractivity contribution in [2.75, 3.05) is 24.5 Å². The Bertz CT molecular complexity index is 656. The number of nitrogens with zero attached hydrogens (tertiary/aromatic N) is 2. The molecule has 1 aromatic heterocycles. The first kappa shape index (κ1) is 15.6. The lowest BCUT2D eigenvalue weighted by atomic mass is 10.1. The zero-order valence-electron chi connectivity index (χ0n) is 13.9. The highest BCUT2D eigenvalue weighted by atomic mass is 16.6. The molecule has 2 heterocycles. The number of amides is 1. The molecule has 1 atom stereocenters. The van der Waals surface area contributed by atoms with E-state index in [4.69, 9.17) is 4.74 Å². The molecule has 0 spiro atoms. The van der Waals surface area contributed by atoms with Crippen molar-refractivity contribution < 1.29 is 9.53 Å². The molecule has 1 aliphatic rings. The number of aromatic amines is 1. The van der Waals surface area contributed by atoms with Crippen LogP contribution in [-0.4, -0.2) is 41.3 Å². The summed E-state index contributed by atoms with van der Waals surface area (Å²) in [5, 5.41) is 2.86.